The zero-order chi connectivity index (χ0) is 15.0. The number of carboxylic acid groups (broad SMARTS) is 1. The third kappa shape index (κ3) is 2.51. The van der Waals surface area contributed by atoms with Gasteiger partial charge in [0.2, 0.25) is 0 Å². The summed E-state index contributed by atoms with van der Waals surface area (Å²) >= 11 is 0. The largest absolute Gasteiger partial charge is 0.479 e. The highest BCUT2D eigenvalue weighted by atomic mass is 19.1. The molecule has 1 aromatic heterocycles. The van der Waals surface area contributed by atoms with E-state index < -0.39 is 12.1 Å². The zero-order valence-corrected chi connectivity index (χ0v) is 11.8. The molecule has 2 atom stereocenters. The average Bonchev–Trinajstić information content (AvgIpc) is 3.04. The van der Waals surface area contributed by atoms with Crippen LogP contribution in [0.1, 0.15) is 38.1 Å². The summed E-state index contributed by atoms with van der Waals surface area (Å²) in [6.07, 6.45) is 0.885. The van der Waals surface area contributed by atoms with Crippen LogP contribution in [0.25, 0.3) is 11.0 Å². The lowest BCUT2D eigenvalue weighted by atomic mass is 10.2. The lowest BCUT2D eigenvalue weighted by molar-refractivity contribution is -0.149. The number of imidazole rings is 1. The second-order valence-electron chi connectivity index (χ2n) is 5.28. The molecule has 2 unspecified atom stereocenters. The van der Waals surface area contributed by atoms with Gasteiger partial charge in [-0.3, -0.25) is 0 Å². The van der Waals surface area contributed by atoms with Gasteiger partial charge in [-0.05, 0) is 31.4 Å². The highest BCUT2D eigenvalue weighted by Crippen LogP contribution is 2.34. The molecule has 2 heterocycles. The van der Waals surface area contributed by atoms with Crippen molar-refractivity contribution in [1.82, 2.24) is 9.55 Å². The summed E-state index contributed by atoms with van der Waals surface area (Å²) in [5.41, 5.74) is 1.44. The van der Waals surface area contributed by atoms with Crippen molar-refractivity contribution in [1.29, 1.82) is 0 Å². The second kappa shape index (κ2) is 5.44. The Balaban J connectivity index is 2.01. The number of aliphatic carboxylic acids is 1. The highest BCUT2D eigenvalue weighted by molar-refractivity contribution is 5.76. The Morgan fingerprint density at radius 1 is 1.52 bits per heavy atom. The summed E-state index contributed by atoms with van der Waals surface area (Å²) in [5, 5.41) is 9.02. The van der Waals surface area contributed by atoms with Gasteiger partial charge < -0.3 is 14.4 Å². The van der Waals surface area contributed by atoms with E-state index in [0.717, 1.165) is 18.5 Å². The number of nitrogens with zero attached hydrogens (tertiary/aromatic N) is 2. The van der Waals surface area contributed by atoms with Gasteiger partial charge in [0.15, 0.2) is 6.10 Å². The molecule has 0 spiro atoms. The number of benzene rings is 1. The van der Waals surface area contributed by atoms with Crippen molar-refractivity contribution in [2.45, 2.75) is 44.9 Å². The lowest BCUT2D eigenvalue weighted by Crippen LogP contribution is -2.19. The molecular weight excluding hydrogens is 275 g/mol. The van der Waals surface area contributed by atoms with Crippen molar-refractivity contribution in [2.24, 2.45) is 0 Å². The van der Waals surface area contributed by atoms with E-state index in [9.17, 15) is 9.18 Å². The van der Waals surface area contributed by atoms with Gasteiger partial charge in [0.25, 0.3) is 0 Å². The van der Waals surface area contributed by atoms with E-state index in [1.54, 1.807) is 6.07 Å². The Bertz CT molecular complexity index is 683. The molecule has 1 aliphatic rings. The van der Waals surface area contributed by atoms with Gasteiger partial charge >= 0.3 is 5.97 Å². The minimum Gasteiger partial charge on any atom is -0.479 e. The van der Waals surface area contributed by atoms with Gasteiger partial charge in [0, 0.05) is 12.6 Å². The van der Waals surface area contributed by atoms with Gasteiger partial charge in [0.05, 0.1) is 11.0 Å². The first-order valence-corrected chi connectivity index (χ1v) is 7.14. The fourth-order valence-corrected chi connectivity index (χ4v) is 2.83. The van der Waals surface area contributed by atoms with Crippen molar-refractivity contribution in [2.75, 3.05) is 0 Å². The van der Waals surface area contributed by atoms with Crippen LogP contribution in [0.3, 0.4) is 0 Å². The number of carboxylic acids is 1. The van der Waals surface area contributed by atoms with Crippen molar-refractivity contribution < 1.29 is 19.0 Å². The van der Waals surface area contributed by atoms with Crippen molar-refractivity contribution in [3.63, 3.8) is 0 Å². The Hall–Kier alpha value is -1.95. The Morgan fingerprint density at radius 2 is 2.33 bits per heavy atom. The summed E-state index contributed by atoms with van der Waals surface area (Å²) in [6.45, 7) is 2.80. The number of halogens is 1. The van der Waals surface area contributed by atoms with Gasteiger partial charge in [-0.2, -0.15) is 0 Å². The normalized spacial score (nSPS) is 22.0. The minimum atomic E-state index is -0.943. The van der Waals surface area contributed by atoms with Crippen LogP contribution >= 0.6 is 0 Å². The van der Waals surface area contributed by atoms with Crippen LogP contribution in [0.2, 0.25) is 0 Å². The topological polar surface area (TPSA) is 64.4 Å². The number of aryl methyl sites for hydroxylation is 1. The van der Waals surface area contributed by atoms with E-state index in [-0.39, 0.29) is 11.9 Å². The third-order valence-electron chi connectivity index (χ3n) is 3.77. The maximum Gasteiger partial charge on any atom is 0.332 e. The summed E-state index contributed by atoms with van der Waals surface area (Å²) in [6, 6.07) is 4.52. The van der Waals surface area contributed by atoms with Crippen molar-refractivity contribution in [3.05, 3.63) is 29.8 Å². The molecule has 6 heteroatoms. The Kier molecular flexibility index (Phi) is 3.63. The molecule has 1 aromatic carbocycles. The van der Waals surface area contributed by atoms with E-state index in [0.29, 0.717) is 24.2 Å². The molecule has 5 nitrogen and oxygen atoms in total. The fourth-order valence-electron chi connectivity index (χ4n) is 2.83. The van der Waals surface area contributed by atoms with Gasteiger partial charge in [-0.25, -0.2) is 14.2 Å². The smallest absolute Gasteiger partial charge is 0.332 e. The number of carbonyl (C=O) groups is 1. The van der Waals surface area contributed by atoms with Crippen LogP contribution in [0, 0.1) is 5.82 Å². The predicted molar refractivity (Wildman–Crippen MR) is 74.5 cm³/mol. The average molecular weight is 292 g/mol. The first kappa shape index (κ1) is 14.0. The van der Waals surface area contributed by atoms with Crippen molar-refractivity contribution >= 4 is 17.0 Å². The highest BCUT2D eigenvalue weighted by Gasteiger charge is 2.34. The molecule has 1 N–H and O–H groups in total. The van der Waals surface area contributed by atoms with Crippen LogP contribution in [0.4, 0.5) is 4.39 Å². The monoisotopic (exact) mass is 292 g/mol. The fraction of sp³-hybridized carbons (Fsp3) is 0.467. The summed E-state index contributed by atoms with van der Waals surface area (Å²) in [4.78, 5) is 15.5. The number of hydrogen-bond donors (Lipinski definition) is 1. The molecule has 0 aliphatic carbocycles. The summed E-state index contributed by atoms with van der Waals surface area (Å²) in [7, 11) is 0. The SMILES string of the molecule is CCCn1c(C2CCC(C(=O)O)O2)nc2cc(F)ccc21. The maximum absolute atomic E-state index is 13.4. The lowest BCUT2D eigenvalue weighted by Gasteiger charge is -2.13. The second-order valence-corrected chi connectivity index (χ2v) is 5.28. The van der Waals surface area contributed by atoms with Crippen molar-refractivity contribution in [3.8, 4) is 0 Å². The summed E-state index contributed by atoms with van der Waals surface area (Å²) < 4.78 is 20.9. The number of fused-ring (bicyclic) bond motifs is 1. The molecule has 112 valence electrons. The maximum atomic E-state index is 13.4. The van der Waals surface area contributed by atoms with E-state index >= 15 is 0 Å². The van der Waals surface area contributed by atoms with Crippen LogP contribution in [-0.2, 0) is 16.1 Å². The molecule has 2 aromatic rings. The van der Waals surface area contributed by atoms with E-state index in [1.807, 2.05) is 4.57 Å². The standard InChI is InChI=1S/C15H17FN2O3/c1-2-7-18-11-4-3-9(16)8-10(11)17-14(18)12-5-6-13(21-12)15(19)20/h3-4,8,12-13H,2,5-7H2,1H3,(H,19,20). The molecule has 0 amide bonds. The van der Waals surface area contributed by atoms with Crippen LogP contribution < -0.4 is 0 Å². The molecule has 1 aliphatic heterocycles. The van der Waals surface area contributed by atoms with E-state index in [4.69, 9.17) is 9.84 Å². The summed E-state index contributed by atoms with van der Waals surface area (Å²) in [5.74, 6) is -0.575. The van der Waals surface area contributed by atoms with Crippen LogP contribution in [0.15, 0.2) is 18.2 Å². The van der Waals surface area contributed by atoms with E-state index in [2.05, 4.69) is 11.9 Å². The minimum absolute atomic E-state index is 0.328. The molecular formula is C15H17FN2O3. The number of ether oxygens (including phenoxy) is 1. The number of rotatable bonds is 4. The number of hydrogen-bond acceptors (Lipinski definition) is 3. The Labute approximate surface area is 121 Å². The Morgan fingerprint density at radius 3 is 3.00 bits per heavy atom. The van der Waals surface area contributed by atoms with Gasteiger partial charge in [0.1, 0.15) is 17.7 Å². The quantitative estimate of drug-likeness (QED) is 0.941. The molecule has 0 bridgehead atoms. The molecule has 3 rings (SSSR count). The third-order valence-corrected chi connectivity index (χ3v) is 3.77. The molecule has 0 saturated carbocycles. The predicted octanol–water partition coefficient (Wildman–Crippen LogP) is 2.89. The zero-order valence-electron chi connectivity index (χ0n) is 11.8. The molecule has 0 radical (unpaired) electrons. The molecule has 21 heavy (non-hydrogen) atoms. The number of aromatic nitrogens is 2. The molecule has 1 saturated heterocycles. The van der Waals surface area contributed by atoms with Gasteiger partial charge in [-0.15, -0.1) is 0 Å². The first-order valence-electron chi connectivity index (χ1n) is 7.14. The van der Waals surface area contributed by atoms with Gasteiger partial charge in [-0.1, -0.05) is 6.92 Å². The first-order chi connectivity index (χ1) is 10.1. The molecule has 1 fully saturated rings. The van der Waals surface area contributed by atoms with Crippen LogP contribution in [-0.4, -0.2) is 26.7 Å². The van der Waals surface area contributed by atoms with E-state index in [1.165, 1.54) is 12.1 Å². The van der Waals surface area contributed by atoms with Crippen LogP contribution in [0.5, 0.6) is 0 Å².